The van der Waals surface area contributed by atoms with Gasteiger partial charge in [0.15, 0.2) is 0 Å². The number of carbonyl (C=O) groups is 3. The van der Waals surface area contributed by atoms with Crippen LogP contribution in [0.5, 0.6) is 0 Å². The standard InChI is InChI=1S/C29H30N2O5S/c1-3-22-14-16-23(17-15-22)31(37(35,36)24-18-12-21(2)13-19-24)27(32)11-5-4-8-20-30-28(33)25-9-6-7-10-26(25)29(30)34/h6-7,9-10,12-19H,3-5,8,11,20H2,1-2H3. The van der Waals surface area contributed by atoms with Crippen molar-refractivity contribution in [3.8, 4) is 0 Å². The third-order valence-corrected chi connectivity index (χ3v) is 8.28. The summed E-state index contributed by atoms with van der Waals surface area (Å²) >= 11 is 0. The normalized spacial score (nSPS) is 13.1. The Morgan fingerprint density at radius 3 is 1.97 bits per heavy atom. The van der Waals surface area contributed by atoms with E-state index >= 15 is 0 Å². The van der Waals surface area contributed by atoms with Crippen LogP contribution in [0.2, 0.25) is 0 Å². The van der Waals surface area contributed by atoms with Crippen molar-refractivity contribution in [2.75, 3.05) is 10.8 Å². The molecule has 0 spiro atoms. The first kappa shape index (κ1) is 26.3. The van der Waals surface area contributed by atoms with E-state index in [0.29, 0.717) is 36.1 Å². The Bertz CT molecular complexity index is 1380. The van der Waals surface area contributed by atoms with Crippen molar-refractivity contribution < 1.29 is 22.8 Å². The highest BCUT2D eigenvalue weighted by molar-refractivity contribution is 7.93. The number of fused-ring (bicyclic) bond motifs is 1. The molecule has 8 heteroatoms. The maximum atomic E-state index is 13.5. The Labute approximate surface area is 217 Å². The van der Waals surface area contributed by atoms with Crippen molar-refractivity contribution in [1.82, 2.24) is 4.90 Å². The summed E-state index contributed by atoms with van der Waals surface area (Å²) < 4.78 is 27.9. The molecule has 37 heavy (non-hydrogen) atoms. The lowest BCUT2D eigenvalue weighted by atomic mass is 10.1. The van der Waals surface area contributed by atoms with E-state index in [0.717, 1.165) is 21.9 Å². The van der Waals surface area contributed by atoms with Gasteiger partial charge in [0.05, 0.1) is 21.7 Å². The first-order valence-electron chi connectivity index (χ1n) is 12.4. The molecule has 3 amide bonds. The van der Waals surface area contributed by atoms with Crippen LogP contribution in [-0.4, -0.2) is 37.6 Å². The number of sulfonamides is 1. The predicted molar refractivity (Wildman–Crippen MR) is 142 cm³/mol. The van der Waals surface area contributed by atoms with Crippen molar-refractivity contribution in [2.24, 2.45) is 0 Å². The summed E-state index contributed by atoms with van der Waals surface area (Å²) in [5.41, 5.74) is 3.08. The Morgan fingerprint density at radius 1 is 0.811 bits per heavy atom. The van der Waals surface area contributed by atoms with E-state index in [9.17, 15) is 22.8 Å². The molecular weight excluding hydrogens is 488 g/mol. The largest absolute Gasteiger partial charge is 0.274 e. The first-order chi connectivity index (χ1) is 17.7. The van der Waals surface area contributed by atoms with E-state index in [-0.39, 0.29) is 29.7 Å². The lowest BCUT2D eigenvalue weighted by molar-refractivity contribution is -0.117. The molecule has 1 aliphatic heterocycles. The molecule has 0 unspecified atom stereocenters. The van der Waals surface area contributed by atoms with Crippen LogP contribution in [0.15, 0.2) is 77.7 Å². The molecule has 1 aliphatic rings. The van der Waals surface area contributed by atoms with Crippen LogP contribution < -0.4 is 4.31 Å². The molecule has 7 nitrogen and oxygen atoms in total. The molecule has 0 aliphatic carbocycles. The lowest BCUT2D eigenvalue weighted by Crippen LogP contribution is -2.37. The molecule has 1 heterocycles. The molecular formula is C29H30N2O5S. The van der Waals surface area contributed by atoms with Crippen LogP contribution >= 0.6 is 0 Å². The molecule has 192 valence electrons. The van der Waals surface area contributed by atoms with Crippen molar-refractivity contribution >= 4 is 33.4 Å². The molecule has 0 fully saturated rings. The molecule has 0 atom stereocenters. The quantitative estimate of drug-likeness (QED) is 0.274. The second-order valence-corrected chi connectivity index (χ2v) is 10.9. The van der Waals surface area contributed by atoms with Gasteiger partial charge in [-0.1, -0.05) is 55.3 Å². The highest BCUT2D eigenvalue weighted by Crippen LogP contribution is 2.27. The zero-order valence-electron chi connectivity index (χ0n) is 21.0. The van der Waals surface area contributed by atoms with Gasteiger partial charge in [0, 0.05) is 13.0 Å². The number of carbonyl (C=O) groups excluding carboxylic acids is 3. The number of unbranched alkanes of at least 4 members (excludes halogenated alkanes) is 2. The average Bonchev–Trinajstić information content (AvgIpc) is 3.14. The van der Waals surface area contributed by atoms with Gasteiger partial charge in [-0.15, -0.1) is 0 Å². The molecule has 0 saturated heterocycles. The number of rotatable bonds is 10. The molecule has 0 saturated carbocycles. The number of benzene rings is 3. The number of hydrogen-bond acceptors (Lipinski definition) is 5. The van der Waals surface area contributed by atoms with Gasteiger partial charge in [-0.25, -0.2) is 12.7 Å². The summed E-state index contributed by atoms with van der Waals surface area (Å²) in [4.78, 5) is 39.6. The highest BCUT2D eigenvalue weighted by Gasteiger charge is 2.34. The third-order valence-electron chi connectivity index (χ3n) is 6.52. The van der Waals surface area contributed by atoms with E-state index in [1.54, 1.807) is 48.5 Å². The van der Waals surface area contributed by atoms with Crippen molar-refractivity contribution in [3.05, 3.63) is 95.1 Å². The smallest absolute Gasteiger partial charge is 0.270 e. The van der Waals surface area contributed by atoms with Gasteiger partial charge in [-0.3, -0.25) is 19.3 Å². The fourth-order valence-electron chi connectivity index (χ4n) is 4.37. The van der Waals surface area contributed by atoms with Gasteiger partial charge in [0.1, 0.15) is 0 Å². The zero-order valence-corrected chi connectivity index (χ0v) is 21.8. The number of aryl methyl sites for hydroxylation is 2. The topological polar surface area (TPSA) is 91.8 Å². The molecule has 0 radical (unpaired) electrons. The summed E-state index contributed by atoms with van der Waals surface area (Å²) in [6, 6.07) is 20.1. The summed E-state index contributed by atoms with van der Waals surface area (Å²) in [5.74, 6) is -1.13. The highest BCUT2D eigenvalue weighted by atomic mass is 32.2. The SMILES string of the molecule is CCc1ccc(N(C(=O)CCCCCN2C(=O)c3ccccc3C2=O)S(=O)(=O)c2ccc(C)cc2)cc1. The summed E-state index contributed by atoms with van der Waals surface area (Å²) in [5, 5.41) is 0. The van der Waals surface area contributed by atoms with Crippen molar-refractivity contribution in [1.29, 1.82) is 0 Å². The van der Waals surface area contributed by atoms with Gasteiger partial charge in [-0.2, -0.15) is 0 Å². The maximum Gasteiger partial charge on any atom is 0.270 e. The summed E-state index contributed by atoms with van der Waals surface area (Å²) in [7, 11) is -4.10. The van der Waals surface area contributed by atoms with Crippen LogP contribution in [0.3, 0.4) is 0 Å². The Hall–Kier alpha value is -3.78. The second-order valence-electron chi connectivity index (χ2n) is 9.11. The molecule has 0 bridgehead atoms. The van der Waals surface area contributed by atoms with Crippen LogP contribution in [-0.2, 0) is 21.2 Å². The summed E-state index contributed by atoms with van der Waals surface area (Å²) in [6.45, 7) is 4.12. The van der Waals surface area contributed by atoms with Crippen molar-refractivity contribution in [3.63, 3.8) is 0 Å². The minimum absolute atomic E-state index is 0.0166. The molecule has 0 aromatic heterocycles. The third kappa shape index (κ3) is 5.49. The maximum absolute atomic E-state index is 13.5. The average molecular weight is 519 g/mol. The molecule has 4 rings (SSSR count). The number of nitrogens with zero attached hydrogens (tertiary/aromatic N) is 2. The van der Waals surface area contributed by atoms with E-state index in [4.69, 9.17) is 0 Å². The predicted octanol–water partition coefficient (Wildman–Crippen LogP) is 5.14. The van der Waals surface area contributed by atoms with Gasteiger partial charge in [-0.05, 0) is 68.1 Å². The van der Waals surface area contributed by atoms with E-state index in [1.807, 2.05) is 26.0 Å². The summed E-state index contributed by atoms with van der Waals surface area (Å²) in [6.07, 6.45) is 2.32. The molecule has 3 aromatic rings. The van der Waals surface area contributed by atoms with Crippen LogP contribution in [0, 0.1) is 6.92 Å². The van der Waals surface area contributed by atoms with E-state index in [2.05, 4.69) is 0 Å². The lowest BCUT2D eigenvalue weighted by Gasteiger charge is -2.23. The van der Waals surface area contributed by atoms with Crippen LogP contribution in [0.1, 0.15) is 64.4 Å². The number of amides is 3. The number of imide groups is 1. The fraction of sp³-hybridized carbons (Fsp3) is 0.276. The molecule has 3 aromatic carbocycles. The fourth-order valence-corrected chi connectivity index (χ4v) is 5.82. The molecule has 0 N–H and O–H groups in total. The minimum atomic E-state index is -4.10. The zero-order chi connectivity index (χ0) is 26.6. The number of hydrogen-bond donors (Lipinski definition) is 0. The first-order valence-corrected chi connectivity index (χ1v) is 13.9. The Kier molecular flexibility index (Phi) is 7.88. The minimum Gasteiger partial charge on any atom is -0.274 e. The van der Waals surface area contributed by atoms with Gasteiger partial charge in [0.2, 0.25) is 5.91 Å². The monoisotopic (exact) mass is 518 g/mol. The number of anilines is 1. The van der Waals surface area contributed by atoms with Gasteiger partial charge in [0.25, 0.3) is 21.8 Å². The van der Waals surface area contributed by atoms with Crippen LogP contribution in [0.25, 0.3) is 0 Å². The van der Waals surface area contributed by atoms with Crippen molar-refractivity contribution in [2.45, 2.75) is 50.8 Å². The van der Waals surface area contributed by atoms with E-state index in [1.165, 1.54) is 17.0 Å². The van der Waals surface area contributed by atoms with Gasteiger partial charge >= 0.3 is 0 Å². The van der Waals surface area contributed by atoms with E-state index < -0.39 is 15.9 Å². The Balaban J connectivity index is 1.42. The van der Waals surface area contributed by atoms with Crippen LogP contribution in [0.4, 0.5) is 5.69 Å². The second kappa shape index (κ2) is 11.1. The van der Waals surface area contributed by atoms with Gasteiger partial charge < -0.3 is 0 Å². The Morgan fingerprint density at radius 2 is 1.41 bits per heavy atom.